The molecule has 1 aromatic heterocycles. The normalized spacial score (nSPS) is 31.8. The average Bonchev–Trinajstić information content (AvgIpc) is 2.65. The van der Waals surface area contributed by atoms with Gasteiger partial charge >= 0.3 is 0 Å². The maximum Gasteiger partial charge on any atom is 0.105 e. The summed E-state index contributed by atoms with van der Waals surface area (Å²) in [5.74, 6) is 1.77. The first-order valence-electron chi connectivity index (χ1n) is 5.90. The highest BCUT2D eigenvalue weighted by atomic mass is 16.3. The van der Waals surface area contributed by atoms with Gasteiger partial charge in [0.15, 0.2) is 0 Å². The van der Waals surface area contributed by atoms with Gasteiger partial charge in [-0.1, -0.05) is 13.3 Å². The van der Waals surface area contributed by atoms with E-state index >= 15 is 0 Å². The number of hydrogen-bond donors (Lipinski definition) is 1. The van der Waals surface area contributed by atoms with Gasteiger partial charge in [-0.05, 0) is 32.1 Å². The molecule has 1 aliphatic rings. The summed E-state index contributed by atoms with van der Waals surface area (Å²) in [5, 5.41) is 10.0. The molecule has 0 radical (unpaired) electrons. The Kier molecular flexibility index (Phi) is 3.10. The molecule has 2 rings (SSSR count). The first kappa shape index (κ1) is 10.7. The van der Waals surface area contributed by atoms with Crippen molar-refractivity contribution in [3.8, 4) is 0 Å². The van der Waals surface area contributed by atoms with Crippen LogP contribution in [0.5, 0.6) is 0 Å². The van der Waals surface area contributed by atoms with Crippen molar-refractivity contribution >= 4 is 0 Å². The molecule has 1 N–H and O–H groups in total. The van der Waals surface area contributed by atoms with Crippen molar-refractivity contribution in [1.29, 1.82) is 0 Å². The van der Waals surface area contributed by atoms with Crippen LogP contribution in [0.2, 0.25) is 0 Å². The van der Waals surface area contributed by atoms with Crippen LogP contribution < -0.4 is 0 Å². The van der Waals surface area contributed by atoms with Crippen LogP contribution >= 0.6 is 0 Å². The molecule has 1 heterocycles. The highest BCUT2D eigenvalue weighted by molar-refractivity contribution is 4.96. The minimum Gasteiger partial charge on any atom is -0.391 e. The zero-order chi connectivity index (χ0) is 10.8. The molecule has 1 aromatic rings. The molecule has 15 heavy (non-hydrogen) atoms. The average molecular weight is 208 g/mol. The quantitative estimate of drug-likeness (QED) is 0.810. The molecule has 3 nitrogen and oxygen atoms in total. The van der Waals surface area contributed by atoms with Crippen LogP contribution in [0.15, 0.2) is 12.4 Å². The molecule has 0 spiro atoms. The number of aromatic nitrogens is 2. The molecule has 1 fully saturated rings. The Morgan fingerprint density at radius 2 is 2.33 bits per heavy atom. The summed E-state index contributed by atoms with van der Waals surface area (Å²) < 4.78 is 2.13. The van der Waals surface area contributed by atoms with E-state index in [9.17, 15) is 5.11 Å². The van der Waals surface area contributed by atoms with Crippen LogP contribution in [0.25, 0.3) is 0 Å². The van der Waals surface area contributed by atoms with Gasteiger partial charge in [-0.15, -0.1) is 0 Å². The Hall–Kier alpha value is -0.830. The summed E-state index contributed by atoms with van der Waals surface area (Å²) in [6, 6.07) is 0.242. The summed E-state index contributed by atoms with van der Waals surface area (Å²) in [7, 11) is 0. The minimum atomic E-state index is -0.194. The third-order valence-corrected chi connectivity index (χ3v) is 3.69. The van der Waals surface area contributed by atoms with Crippen LogP contribution in [0.3, 0.4) is 0 Å². The maximum atomic E-state index is 10.0. The first-order valence-corrected chi connectivity index (χ1v) is 5.90. The van der Waals surface area contributed by atoms with E-state index < -0.39 is 0 Å². The summed E-state index contributed by atoms with van der Waals surface area (Å²) in [6.07, 6.45) is 8.02. The second-order valence-corrected chi connectivity index (χ2v) is 4.60. The third-order valence-electron chi connectivity index (χ3n) is 3.69. The number of rotatable bonds is 2. The first-order chi connectivity index (χ1) is 7.22. The Bertz CT molecular complexity index is 321. The number of aryl methyl sites for hydroxylation is 1. The SMILES string of the molecule is CCC1CCC(O)C(n2ccnc2C)C1. The van der Waals surface area contributed by atoms with Crippen molar-refractivity contribution in [1.82, 2.24) is 9.55 Å². The number of nitrogens with zero attached hydrogens (tertiary/aromatic N) is 2. The molecule has 84 valence electrons. The Labute approximate surface area is 91.1 Å². The maximum absolute atomic E-state index is 10.0. The van der Waals surface area contributed by atoms with Gasteiger partial charge in [0, 0.05) is 12.4 Å². The van der Waals surface area contributed by atoms with Crippen molar-refractivity contribution < 1.29 is 5.11 Å². The van der Waals surface area contributed by atoms with Crippen molar-refractivity contribution in [3.05, 3.63) is 18.2 Å². The second-order valence-electron chi connectivity index (χ2n) is 4.60. The fourth-order valence-electron chi connectivity index (χ4n) is 2.62. The van der Waals surface area contributed by atoms with Gasteiger partial charge in [0.1, 0.15) is 5.82 Å². The molecule has 0 amide bonds. The zero-order valence-corrected chi connectivity index (χ0v) is 9.56. The zero-order valence-electron chi connectivity index (χ0n) is 9.56. The van der Waals surface area contributed by atoms with Gasteiger partial charge in [-0.25, -0.2) is 4.98 Å². The highest BCUT2D eigenvalue weighted by Gasteiger charge is 2.29. The fraction of sp³-hybridized carbons (Fsp3) is 0.750. The molecule has 0 bridgehead atoms. The smallest absolute Gasteiger partial charge is 0.105 e. The predicted molar refractivity (Wildman–Crippen MR) is 59.6 cm³/mol. The standard InChI is InChI=1S/C12H20N2O/c1-3-10-4-5-12(15)11(8-10)14-7-6-13-9(14)2/h6-7,10-12,15H,3-5,8H2,1-2H3. The molecular formula is C12H20N2O. The van der Waals surface area contributed by atoms with Gasteiger partial charge in [0.25, 0.3) is 0 Å². The van der Waals surface area contributed by atoms with E-state index in [-0.39, 0.29) is 12.1 Å². The fourth-order valence-corrected chi connectivity index (χ4v) is 2.62. The van der Waals surface area contributed by atoms with Crippen LogP contribution in [0, 0.1) is 12.8 Å². The molecule has 3 unspecified atom stereocenters. The van der Waals surface area contributed by atoms with E-state index in [0.29, 0.717) is 0 Å². The number of aliphatic hydroxyl groups is 1. The van der Waals surface area contributed by atoms with Crippen molar-refractivity contribution in [2.75, 3.05) is 0 Å². The molecule has 0 saturated heterocycles. The molecule has 1 saturated carbocycles. The molecule has 0 aromatic carbocycles. The van der Waals surface area contributed by atoms with Crippen LogP contribution in [-0.2, 0) is 0 Å². The van der Waals surface area contributed by atoms with Crippen molar-refractivity contribution in [2.24, 2.45) is 5.92 Å². The Morgan fingerprint density at radius 3 is 2.93 bits per heavy atom. The van der Waals surface area contributed by atoms with Gasteiger partial charge < -0.3 is 9.67 Å². The van der Waals surface area contributed by atoms with Gasteiger partial charge in [0.2, 0.25) is 0 Å². The predicted octanol–water partition coefficient (Wildman–Crippen LogP) is 2.30. The van der Waals surface area contributed by atoms with Gasteiger partial charge in [-0.2, -0.15) is 0 Å². The summed E-state index contributed by atoms with van der Waals surface area (Å²) >= 11 is 0. The summed E-state index contributed by atoms with van der Waals surface area (Å²) in [6.45, 7) is 4.24. The molecule has 3 atom stereocenters. The lowest BCUT2D eigenvalue weighted by Gasteiger charge is -2.34. The molecular weight excluding hydrogens is 188 g/mol. The monoisotopic (exact) mass is 208 g/mol. The van der Waals surface area contributed by atoms with Crippen molar-refractivity contribution in [2.45, 2.75) is 51.7 Å². The topological polar surface area (TPSA) is 38.0 Å². The number of hydrogen-bond acceptors (Lipinski definition) is 2. The van der Waals surface area contributed by atoms with E-state index in [0.717, 1.165) is 24.6 Å². The van der Waals surface area contributed by atoms with E-state index in [2.05, 4.69) is 16.5 Å². The minimum absolute atomic E-state index is 0.194. The lowest BCUT2D eigenvalue weighted by molar-refractivity contribution is 0.0524. The summed E-state index contributed by atoms with van der Waals surface area (Å²) in [4.78, 5) is 4.23. The van der Waals surface area contributed by atoms with E-state index in [1.165, 1.54) is 12.8 Å². The van der Waals surface area contributed by atoms with Crippen molar-refractivity contribution in [3.63, 3.8) is 0 Å². The van der Waals surface area contributed by atoms with E-state index in [1.54, 1.807) is 0 Å². The molecule has 1 aliphatic carbocycles. The lowest BCUT2D eigenvalue weighted by Crippen LogP contribution is -2.31. The second kappa shape index (κ2) is 4.35. The van der Waals surface area contributed by atoms with Crippen LogP contribution in [0.1, 0.15) is 44.5 Å². The highest BCUT2D eigenvalue weighted by Crippen LogP contribution is 2.34. The van der Waals surface area contributed by atoms with Crippen LogP contribution in [0.4, 0.5) is 0 Å². The largest absolute Gasteiger partial charge is 0.391 e. The van der Waals surface area contributed by atoms with Gasteiger partial charge in [-0.3, -0.25) is 0 Å². The Balaban J connectivity index is 2.16. The summed E-state index contributed by atoms with van der Waals surface area (Å²) in [5.41, 5.74) is 0. The van der Waals surface area contributed by atoms with E-state index in [1.807, 2.05) is 19.3 Å². The van der Waals surface area contributed by atoms with Crippen LogP contribution in [-0.4, -0.2) is 20.8 Å². The lowest BCUT2D eigenvalue weighted by atomic mass is 9.82. The molecule has 3 heteroatoms. The molecule has 0 aliphatic heterocycles. The third kappa shape index (κ3) is 2.07. The Morgan fingerprint density at radius 1 is 1.53 bits per heavy atom. The van der Waals surface area contributed by atoms with Gasteiger partial charge in [0.05, 0.1) is 12.1 Å². The van der Waals surface area contributed by atoms with E-state index in [4.69, 9.17) is 0 Å². The number of aliphatic hydroxyl groups excluding tert-OH is 1. The number of imidazole rings is 1.